The fourth-order valence-electron chi connectivity index (χ4n) is 4.03. The molecule has 0 aliphatic carbocycles. The molecule has 0 radical (unpaired) electrons. The molecule has 0 fully saturated rings. The van der Waals surface area contributed by atoms with Crippen LogP contribution in [0.2, 0.25) is 0 Å². The number of nitrogens with zero attached hydrogens (tertiary/aromatic N) is 3. The largest absolute Gasteiger partial charge is 0.489 e. The normalized spacial score (nSPS) is 18.5. The fourth-order valence-corrected chi connectivity index (χ4v) is 4.29. The molecule has 180 valence electrons. The van der Waals surface area contributed by atoms with E-state index in [-0.39, 0.29) is 36.5 Å². The molecule has 9 heteroatoms. The SMILES string of the molecule is CN1C(=O)[C@@H](N2CCC(C(Cl)=NCc3ccccc3)=C(N)C2=O)COc2ccc(C#CCO)cc21. The molecule has 2 aromatic carbocycles. The van der Waals surface area contributed by atoms with E-state index in [2.05, 4.69) is 16.8 Å². The molecule has 3 N–H and O–H groups in total. The van der Waals surface area contributed by atoms with E-state index in [1.165, 1.54) is 9.80 Å². The highest BCUT2D eigenvalue weighted by Crippen LogP contribution is 2.33. The van der Waals surface area contributed by atoms with Gasteiger partial charge in [0.25, 0.3) is 11.8 Å². The van der Waals surface area contributed by atoms with Gasteiger partial charge in [0.05, 0.1) is 12.2 Å². The monoisotopic (exact) mass is 492 g/mol. The Morgan fingerprint density at radius 3 is 2.77 bits per heavy atom. The smallest absolute Gasteiger partial charge is 0.270 e. The lowest BCUT2D eigenvalue weighted by molar-refractivity contribution is -0.137. The summed E-state index contributed by atoms with van der Waals surface area (Å²) in [5.41, 5.74) is 8.80. The summed E-state index contributed by atoms with van der Waals surface area (Å²) in [7, 11) is 1.62. The number of anilines is 1. The Morgan fingerprint density at radius 1 is 1.26 bits per heavy atom. The molecule has 2 heterocycles. The van der Waals surface area contributed by atoms with E-state index < -0.39 is 11.9 Å². The van der Waals surface area contributed by atoms with Gasteiger partial charge in [-0.1, -0.05) is 53.8 Å². The van der Waals surface area contributed by atoms with Crippen LogP contribution in [0.1, 0.15) is 17.5 Å². The first-order chi connectivity index (χ1) is 16.9. The molecular formula is C26H25ClN4O4. The van der Waals surface area contributed by atoms with Gasteiger partial charge in [-0.3, -0.25) is 14.6 Å². The van der Waals surface area contributed by atoms with Gasteiger partial charge >= 0.3 is 0 Å². The Hall–Kier alpha value is -3.80. The Balaban J connectivity index is 1.53. The summed E-state index contributed by atoms with van der Waals surface area (Å²) < 4.78 is 5.90. The van der Waals surface area contributed by atoms with Crippen molar-refractivity contribution >= 4 is 34.3 Å². The predicted molar refractivity (Wildman–Crippen MR) is 134 cm³/mol. The maximum absolute atomic E-state index is 13.3. The average molecular weight is 493 g/mol. The van der Waals surface area contributed by atoms with Gasteiger partial charge in [0.15, 0.2) is 0 Å². The second kappa shape index (κ2) is 10.6. The average Bonchev–Trinajstić information content (AvgIpc) is 3.00. The summed E-state index contributed by atoms with van der Waals surface area (Å²) in [5, 5.41) is 9.13. The van der Waals surface area contributed by atoms with Gasteiger partial charge < -0.3 is 25.4 Å². The van der Waals surface area contributed by atoms with Gasteiger partial charge in [0.1, 0.15) is 35.9 Å². The number of nitrogens with two attached hydrogens (primary N) is 1. The van der Waals surface area contributed by atoms with E-state index in [0.29, 0.717) is 35.5 Å². The number of amides is 2. The van der Waals surface area contributed by atoms with E-state index >= 15 is 0 Å². The maximum atomic E-state index is 13.3. The minimum atomic E-state index is -0.855. The van der Waals surface area contributed by atoms with Crippen LogP contribution in [0.25, 0.3) is 0 Å². The number of rotatable bonds is 4. The number of hydrogen-bond donors (Lipinski definition) is 2. The Labute approximate surface area is 208 Å². The quantitative estimate of drug-likeness (QED) is 0.501. The molecule has 0 unspecified atom stereocenters. The lowest BCUT2D eigenvalue weighted by atomic mass is 10.0. The van der Waals surface area contributed by atoms with Crippen LogP contribution >= 0.6 is 11.6 Å². The molecule has 1 atom stereocenters. The van der Waals surface area contributed by atoms with Crippen molar-refractivity contribution in [2.75, 3.05) is 31.7 Å². The van der Waals surface area contributed by atoms with Crippen LogP contribution < -0.4 is 15.4 Å². The molecule has 0 saturated carbocycles. The number of hydrogen-bond acceptors (Lipinski definition) is 6. The molecule has 4 rings (SSSR count). The number of fused-ring (bicyclic) bond motifs is 1. The summed E-state index contributed by atoms with van der Waals surface area (Å²) in [6.45, 7) is 0.349. The Kier molecular flexibility index (Phi) is 7.39. The third-order valence-corrected chi connectivity index (χ3v) is 6.28. The van der Waals surface area contributed by atoms with Gasteiger partial charge in [0.2, 0.25) is 0 Å². The molecule has 8 nitrogen and oxygen atoms in total. The number of carbonyl (C=O) groups excluding carboxylic acids is 2. The van der Waals surface area contributed by atoms with Gasteiger partial charge in [-0.25, -0.2) is 0 Å². The molecule has 35 heavy (non-hydrogen) atoms. The zero-order valence-electron chi connectivity index (χ0n) is 19.2. The second-order valence-electron chi connectivity index (χ2n) is 8.10. The minimum Gasteiger partial charge on any atom is -0.489 e. The maximum Gasteiger partial charge on any atom is 0.270 e. The highest BCUT2D eigenvalue weighted by molar-refractivity contribution is 6.69. The Morgan fingerprint density at radius 2 is 2.03 bits per heavy atom. The number of benzene rings is 2. The first kappa shape index (κ1) is 24.3. The van der Waals surface area contributed by atoms with E-state index in [0.717, 1.165) is 5.56 Å². The van der Waals surface area contributed by atoms with E-state index in [1.54, 1.807) is 25.2 Å². The molecule has 0 spiro atoms. The van der Waals surface area contributed by atoms with E-state index in [9.17, 15) is 9.59 Å². The molecule has 0 aromatic heterocycles. The summed E-state index contributed by atoms with van der Waals surface area (Å²) in [6, 6.07) is 14.0. The minimum absolute atomic E-state index is 0.0119. The zero-order valence-corrected chi connectivity index (χ0v) is 20.0. The standard InChI is InChI=1S/C26H25ClN4O4/c1-30-20-14-17(8-5-13-32)9-10-22(20)35-16-21(25(30)33)31-12-11-19(23(28)26(31)34)24(27)29-15-18-6-3-2-4-7-18/h2-4,6-7,9-10,14,21,32H,11-13,15-16,28H2,1H3/t21-/m0/s1. The third-order valence-electron chi connectivity index (χ3n) is 5.93. The van der Waals surface area contributed by atoms with Crippen LogP contribution in [-0.4, -0.2) is 59.8 Å². The van der Waals surface area contributed by atoms with Crippen LogP contribution in [-0.2, 0) is 16.1 Å². The molecular weight excluding hydrogens is 468 g/mol. The number of ether oxygens (including phenoxy) is 1. The zero-order chi connectivity index (χ0) is 24.9. The van der Waals surface area contributed by atoms with Crippen molar-refractivity contribution < 1.29 is 19.4 Å². The lowest BCUT2D eigenvalue weighted by Gasteiger charge is -2.34. The topological polar surface area (TPSA) is 108 Å². The van der Waals surface area contributed by atoms with E-state index in [1.807, 2.05) is 30.3 Å². The second-order valence-corrected chi connectivity index (χ2v) is 8.46. The van der Waals surface area contributed by atoms with E-state index in [4.69, 9.17) is 27.2 Å². The van der Waals surface area contributed by atoms with Crippen molar-refractivity contribution in [3.8, 4) is 17.6 Å². The number of aliphatic hydroxyl groups is 1. The molecule has 2 amide bonds. The number of aliphatic imine (C=N–C) groups is 1. The molecule has 0 bridgehead atoms. The number of halogens is 1. The highest BCUT2D eigenvalue weighted by atomic mass is 35.5. The molecule has 2 aromatic rings. The van der Waals surface area contributed by atoms with Crippen LogP contribution in [0.3, 0.4) is 0 Å². The van der Waals surface area contributed by atoms with Gasteiger partial charge in [-0.15, -0.1) is 0 Å². The fraction of sp³-hybridized carbons (Fsp3) is 0.269. The van der Waals surface area contributed by atoms with Crippen molar-refractivity contribution in [2.24, 2.45) is 10.7 Å². The number of aliphatic hydroxyl groups excluding tert-OH is 1. The van der Waals surface area contributed by atoms with Crippen LogP contribution in [0.15, 0.2) is 64.8 Å². The first-order valence-electron chi connectivity index (χ1n) is 11.1. The number of carbonyl (C=O) groups is 2. The summed E-state index contributed by atoms with van der Waals surface area (Å²) >= 11 is 6.41. The Bertz CT molecular complexity index is 1260. The van der Waals surface area contributed by atoms with Crippen molar-refractivity contribution in [1.29, 1.82) is 0 Å². The highest BCUT2D eigenvalue weighted by Gasteiger charge is 2.39. The van der Waals surface area contributed by atoms with Crippen molar-refractivity contribution in [1.82, 2.24) is 4.90 Å². The van der Waals surface area contributed by atoms with Gasteiger partial charge in [-0.2, -0.15) is 0 Å². The summed E-state index contributed by atoms with van der Waals surface area (Å²) in [5.74, 6) is 5.13. The third kappa shape index (κ3) is 5.16. The first-order valence-corrected chi connectivity index (χ1v) is 11.5. The van der Waals surface area contributed by atoms with Crippen molar-refractivity contribution in [3.63, 3.8) is 0 Å². The predicted octanol–water partition coefficient (Wildman–Crippen LogP) is 2.04. The van der Waals surface area contributed by atoms with Gasteiger partial charge in [0, 0.05) is 24.7 Å². The van der Waals surface area contributed by atoms with Crippen LogP contribution in [0.4, 0.5) is 5.69 Å². The van der Waals surface area contributed by atoms with Gasteiger partial charge in [-0.05, 0) is 30.2 Å². The van der Waals surface area contributed by atoms with Crippen molar-refractivity contribution in [2.45, 2.75) is 19.0 Å². The lowest BCUT2D eigenvalue weighted by Crippen LogP contribution is -2.55. The molecule has 0 saturated heterocycles. The molecule has 2 aliphatic rings. The number of likely N-dealkylation sites (N-methyl/N-ethyl adjacent to an activating group) is 1. The summed E-state index contributed by atoms with van der Waals surface area (Å²) in [6.07, 6.45) is 0.371. The van der Waals surface area contributed by atoms with Crippen LogP contribution in [0.5, 0.6) is 5.75 Å². The van der Waals surface area contributed by atoms with Crippen LogP contribution in [0, 0.1) is 11.8 Å². The molecule has 2 aliphatic heterocycles. The summed E-state index contributed by atoms with van der Waals surface area (Å²) in [4.78, 5) is 33.8. The van der Waals surface area contributed by atoms with Crippen molar-refractivity contribution in [3.05, 3.63) is 70.9 Å².